The number of amides is 1. The first kappa shape index (κ1) is 15.4. The first-order chi connectivity index (χ1) is 10.5. The van der Waals surface area contributed by atoms with Crippen LogP contribution in [0.1, 0.15) is 12.5 Å². The molecule has 1 N–H and O–H groups in total. The molecule has 2 aromatic rings. The highest BCUT2D eigenvalue weighted by atomic mass is 19.1. The molecule has 2 aromatic carbocycles. The monoisotopic (exact) mass is 302 g/mol. The zero-order valence-corrected chi connectivity index (χ0v) is 11.6. The van der Waals surface area contributed by atoms with Crippen LogP contribution in [0, 0.1) is 23.0 Å². The Morgan fingerprint density at radius 2 is 2.05 bits per heavy atom. The maximum absolute atomic E-state index is 13.5. The van der Waals surface area contributed by atoms with E-state index in [1.165, 1.54) is 13.0 Å². The van der Waals surface area contributed by atoms with Crippen molar-refractivity contribution >= 4 is 11.6 Å². The third-order valence-electron chi connectivity index (χ3n) is 2.83. The van der Waals surface area contributed by atoms with E-state index in [0.29, 0.717) is 11.3 Å². The maximum atomic E-state index is 13.5. The van der Waals surface area contributed by atoms with E-state index in [2.05, 4.69) is 5.32 Å². The van der Waals surface area contributed by atoms with Crippen LogP contribution < -0.4 is 10.1 Å². The van der Waals surface area contributed by atoms with Crippen LogP contribution in [0.15, 0.2) is 42.5 Å². The second-order valence-electron chi connectivity index (χ2n) is 4.51. The molecule has 0 heterocycles. The summed E-state index contributed by atoms with van der Waals surface area (Å²) >= 11 is 0. The van der Waals surface area contributed by atoms with E-state index in [4.69, 9.17) is 10.00 Å². The summed E-state index contributed by atoms with van der Waals surface area (Å²) in [5.41, 5.74) is 0.132. The number of hydrogen-bond acceptors (Lipinski definition) is 3. The van der Waals surface area contributed by atoms with Gasteiger partial charge >= 0.3 is 0 Å². The molecule has 1 atom stereocenters. The molecule has 1 amide bonds. The van der Waals surface area contributed by atoms with Crippen LogP contribution in [0.25, 0.3) is 0 Å². The predicted molar refractivity (Wildman–Crippen MR) is 76.2 cm³/mol. The van der Waals surface area contributed by atoms with Crippen LogP contribution in [0.5, 0.6) is 5.75 Å². The van der Waals surface area contributed by atoms with Gasteiger partial charge in [-0.2, -0.15) is 5.26 Å². The van der Waals surface area contributed by atoms with E-state index < -0.39 is 23.6 Å². The lowest BCUT2D eigenvalue weighted by molar-refractivity contribution is -0.122. The van der Waals surface area contributed by atoms with Crippen LogP contribution in [-0.2, 0) is 4.79 Å². The number of anilines is 1. The Hall–Kier alpha value is -2.94. The number of rotatable bonds is 4. The molecule has 2 rings (SSSR count). The molecule has 0 aliphatic rings. The van der Waals surface area contributed by atoms with Gasteiger partial charge in [0.05, 0.1) is 17.3 Å². The molecule has 0 fully saturated rings. The molecule has 112 valence electrons. The van der Waals surface area contributed by atoms with Gasteiger partial charge in [-0.15, -0.1) is 0 Å². The molecule has 0 aliphatic carbocycles. The second kappa shape index (κ2) is 6.68. The van der Waals surface area contributed by atoms with Crippen molar-refractivity contribution in [3.05, 3.63) is 59.7 Å². The highest BCUT2D eigenvalue weighted by Crippen LogP contribution is 2.18. The zero-order valence-electron chi connectivity index (χ0n) is 11.6. The summed E-state index contributed by atoms with van der Waals surface area (Å²) in [7, 11) is 0. The third-order valence-corrected chi connectivity index (χ3v) is 2.83. The largest absolute Gasteiger partial charge is 0.481 e. The van der Waals surface area contributed by atoms with Gasteiger partial charge in [0.15, 0.2) is 6.10 Å². The quantitative estimate of drug-likeness (QED) is 0.943. The first-order valence-corrected chi connectivity index (χ1v) is 6.42. The lowest BCUT2D eigenvalue weighted by atomic mass is 10.2. The maximum Gasteiger partial charge on any atom is 0.265 e. The minimum atomic E-state index is -0.948. The number of carbonyl (C=O) groups is 1. The fraction of sp³-hybridized carbons (Fsp3) is 0.125. The average Bonchev–Trinajstić information content (AvgIpc) is 2.51. The van der Waals surface area contributed by atoms with Crippen molar-refractivity contribution in [2.24, 2.45) is 0 Å². The number of benzene rings is 2. The van der Waals surface area contributed by atoms with Gasteiger partial charge < -0.3 is 10.1 Å². The molecule has 0 bridgehead atoms. The molecule has 0 aromatic heterocycles. The fourth-order valence-corrected chi connectivity index (χ4v) is 1.72. The lowest BCUT2D eigenvalue weighted by Crippen LogP contribution is -2.30. The highest BCUT2D eigenvalue weighted by Gasteiger charge is 2.17. The van der Waals surface area contributed by atoms with Gasteiger partial charge in [0.2, 0.25) is 0 Å². The van der Waals surface area contributed by atoms with E-state index in [1.54, 1.807) is 18.2 Å². The Balaban J connectivity index is 2.06. The van der Waals surface area contributed by atoms with E-state index in [0.717, 1.165) is 18.2 Å². The van der Waals surface area contributed by atoms with Gasteiger partial charge in [0.1, 0.15) is 17.4 Å². The van der Waals surface area contributed by atoms with Crippen molar-refractivity contribution < 1.29 is 18.3 Å². The Bertz CT molecular complexity index is 741. The Kier molecular flexibility index (Phi) is 4.69. The number of nitriles is 1. The van der Waals surface area contributed by atoms with Crippen molar-refractivity contribution in [3.63, 3.8) is 0 Å². The van der Waals surface area contributed by atoms with Crippen LogP contribution in [0.3, 0.4) is 0 Å². The third kappa shape index (κ3) is 3.79. The van der Waals surface area contributed by atoms with Gasteiger partial charge in [-0.1, -0.05) is 6.07 Å². The van der Waals surface area contributed by atoms with E-state index >= 15 is 0 Å². The van der Waals surface area contributed by atoms with Crippen LogP contribution in [0.2, 0.25) is 0 Å². The average molecular weight is 302 g/mol. The Labute approximate surface area is 125 Å². The summed E-state index contributed by atoms with van der Waals surface area (Å²) < 4.78 is 31.9. The Morgan fingerprint density at radius 1 is 1.27 bits per heavy atom. The summed E-state index contributed by atoms with van der Waals surface area (Å²) in [5.74, 6) is -1.70. The van der Waals surface area contributed by atoms with Crippen molar-refractivity contribution in [3.8, 4) is 11.8 Å². The normalized spacial score (nSPS) is 11.4. The summed E-state index contributed by atoms with van der Waals surface area (Å²) in [6.45, 7) is 1.46. The summed E-state index contributed by atoms with van der Waals surface area (Å²) in [5, 5.41) is 11.1. The molecule has 6 heteroatoms. The van der Waals surface area contributed by atoms with Crippen LogP contribution >= 0.6 is 0 Å². The van der Waals surface area contributed by atoms with Gasteiger partial charge in [-0.25, -0.2) is 8.78 Å². The molecule has 0 saturated carbocycles. The number of hydrogen-bond donors (Lipinski definition) is 1. The van der Waals surface area contributed by atoms with Crippen molar-refractivity contribution in [2.45, 2.75) is 13.0 Å². The lowest BCUT2D eigenvalue weighted by Gasteiger charge is -2.15. The molecule has 0 saturated heterocycles. The topological polar surface area (TPSA) is 62.1 Å². The SMILES string of the molecule is CC(Oc1cccc(C#N)c1)C(=O)Nc1cc(F)ccc1F. The molecule has 4 nitrogen and oxygen atoms in total. The Morgan fingerprint density at radius 3 is 2.77 bits per heavy atom. The standard InChI is InChI=1S/C16H12F2N2O2/c1-10(22-13-4-2-3-11(7-13)9-19)16(21)20-15-8-12(17)5-6-14(15)18/h2-8,10H,1H3,(H,20,21). The van der Waals surface area contributed by atoms with E-state index in [1.807, 2.05) is 6.07 Å². The van der Waals surface area contributed by atoms with Crippen LogP contribution in [0.4, 0.5) is 14.5 Å². The smallest absolute Gasteiger partial charge is 0.265 e. The summed E-state index contributed by atoms with van der Waals surface area (Å²) in [4.78, 5) is 11.9. The number of ether oxygens (including phenoxy) is 1. The number of nitrogens with zero attached hydrogens (tertiary/aromatic N) is 1. The van der Waals surface area contributed by atoms with Gasteiger partial charge in [0.25, 0.3) is 5.91 Å². The summed E-state index contributed by atoms with van der Waals surface area (Å²) in [6.07, 6.45) is -0.948. The molecule has 22 heavy (non-hydrogen) atoms. The number of carbonyl (C=O) groups excluding carboxylic acids is 1. The highest BCUT2D eigenvalue weighted by molar-refractivity contribution is 5.94. The molecule has 1 unspecified atom stereocenters. The van der Waals surface area contributed by atoms with Crippen molar-refractivity contribution in [1.82, 2.24) is 0 Å². The van der Waals surface area contributed by atoms with Gasteiger partial charge in [-0.3, -0.25) is 4.79 Å². The van der Waals surface area contributed by atoms with Crippen LogP contribution in [-0.4, -0.2) is 12.0 Å². The summed E-state index contributed by atoms with van der Waals surface area (Å²) in [6, 6.07) is 11.0. The zero-order chi connectivity index (χ0) is 16.1. The predicted octanol–water partition coefficient (Wildman–Crippen LogP) is 3.24. The van der Waals surface area contributed by atoms with E-state index in [-0.39, 0.29) is 5.69 Å². The molecule has 0 radical (unpaired) electrons. The molecule has 0 aliphatic heterocycles. The molecular weight excluding hydrogens is 290 g/mol. The minimum Gasteiger partial charge on any atom is -0.481 e. The molecule has 0 spiro atoms. The number of nitrogens with one attached hydrogen (secondary N) is 1. The fourth-order valence-electron chi connectivity index (χ4n) is 1.72. The van der Waals surface area contributed by atoms with Crippen molar-refractivity contribution in [1.29, 1.82) is 5.26 Å². The van der Waals surface area contributed by atoms with Crippen molar-refractivity contribution in [2.75, 3.05) is 5.32 Å². The molecular formula is C16H12F2N2O2. The van der Waals surface area contributed by atoms with E-state index in [9.17, 15) is 13.6 Å². The van der Waals surface area contributed by atoms with Gasteiger partial charge in [-0.05, 0) is 37.3 Å². The first-order valence-electron chi connectivity index (χ1n) is 6.42. The van der Waals surface area contributed by atoms with Gasteiger partial charge in [0, 0.05) is 6.07 Å². The number of halogens is 2. The second-order valence-corrected chi connectivity index (χ2v) is 4.51. The minimum absolute atomic E-state index is 0.258.